The number of hydrogen-bond acceptors (Lipinski definition) is 4. The molecule has 20 heavy (non-hydrogen) atoms. The van der Waals surface area contributed by atoms with Crippen LogP contribution in [0.3, 0.4) is 0 Å². The van der Waals surface area contributed by atoms with Crippen LogP contribution in [-0.2, 0) is 16.0 Å². The van der Waals surface area contributed by atoms with Gasteiger partial charge in [-0.1, -0.05) is 0 Å². The normalized spacial score (nSPS) is 21.2. The highest BCUT2D eigenvalue weighted by Gasteiger charge is 2.21. The molecule has 0 radical (unpaired) electrons. The van der Waals surface area contributed by atoms with E-state index in [2.05, 4.69) is 14.5 Å². The highest BCUT2D eigenvalue weighted by atomic mass is 35.5. The highest BCUT2D eigenvalue weighted by molar-refractivity contribution is 6.20. The van der Waals surface area contributed by atoms with E-state index in [9.17, 15) is 0 Å². The zero-order valence-electron chi connectivity index (χ0n) is 11.7. The van der Waals surface area contributed by atoms with E-state index in [1.807, 2.05) is 26.0 Å². The van der Waals surface area contributed by atoms with Crippen LogP contribution in [0.5, 0.6) is 0 Å². The smallest absolute Gasteiger partial charge is 0.160 e. The average Bonchev–Trinajstić information content (AvgIpc) is 2.78. The van der Waals surface area contributed by atoms with Crippen molar-refractivity contribution in [3.05, 3.63) is 23.7 Å². The van der Waals surface area contributed by atoms with E-state index in [-0.39, 0.29) is 11.5 Å². The molecule has 0 amide bonds. The number of nitrogens with zero attached hydrogens (tertiary/aromatic N) is 3. The summed E-state index contributed by atoms with van der Waals surface area (Å²) in [6.07, 6.45) is 0.0256. The maximum absolute atomic E-state index is 6.25. The van der Waals surface area contributed by atoms with Crippen molar-refractivity contribution in [3.63, 3.8) is 0 Å². The van der Waals surface area contributed by atoms with E-state index >= 15 is 0 Å². The molecule has 0 N–H and O–H groups in total. The Morgan fingerprint density at radius 1 is 1.40 bits per heavy atom. The lowest BCUT2D eigenvalue weighted by atomic mass is 10.3. The number of pyridine rings is 1. The Morgan fingerprint density at radius 2 is 2.25 bits per heavy atom. The van der Waals surface area contributed by atoms with E-state index in [0.29, 0.717) is 26.4 Å². The number of halogens is 1. The Kier molecular flexibility index (Phi) is 3.92. The fourth-order valence-electron chi connectivity index (χ4n) is 2.44. The monoisotopic (exact) mass is 295 g/mol. The SMILES string of the molecule is Cc1ccc2nc(C(C)Cl)n(CC3COCCO3)c2n1. The fraction of sp³-hybridized carbons (Fsp3) is 0.571. The second-order valence-electron chi connectivity index (χ2n) is 5.06. The third-order valence-corrected chi connectivity index (χ3v) is 3.58. The predicted molar refractivity (Wildman–Crippen MR) is 77.1 cm³/mol. The first-order chi connectivity index (χ1) is 9.65. The van der Waals surface area contributed by atoms with E-state index in [1.165, 1.54) is 0 Å². The predicted octanol–water partition coefficient (Wildman–Crippen LogP) is 2.45. The van der Waals surface area contributed by atoms with Gasteiger partial charge in [0.05, 0.1) is 37.8 Å². The molecule has 0 aromatic carbocycles. The van der Waals surface area contributed by atoms with Crippen LogP contribution in [0.15, 0.2) is 12.1 Å². The first-order valence-corrected chi connectivity index (χ1v) is 7.26. The molecule has 5 nitrogen and oxygen atoms in total. The topological polar surface area (TPSA) is 49.2 Å². The molecule has 0 spiro atoms. The van der Waals surface area contributed by atoms with Crippen LogP contribution in [0.1, 0.15) is 23.8 Å². The molecule has 3 rings (SSSR count). The van der Waals surface area contributed by atoms with Gasteiger partial charge >= 0.3 is 0 Å². The van der Waals surface area contributed by atoms with Gasteiger partial charge in [-0.15, -0.1) is 11.6 Å². The third-order valence-electron chi connectivity index (χ3n) is 3.39. The standard InChI is InChI=1S/C14H18ClN3O2/c1-9-3-4-12-14(16-9)18(13(17-12)10(2)15)7-11-8-19-5-6-20-11/h3-4,10-11H,5-8H2,1-2H3. The molecule has 3 heterocycles. The number of aromatic nitrogens is 3. The Hall–Kier alpha value is -1.17. The highest BCUT2D eigenvalue weighted by Crippen LogP contribution is 2.24. The number of hydrogen-bond donors (Lipinski definition) is 0. The van der Waals surface area contributed by atoms with Gasteiger partial charge in [0.15, 0.2) is 5.65 Å². The lowest BCUT2D eigenvalue weighted by Gasteiger charge is -2.24. The van der Waals surface area contributed by atoms with E-state index < -0.39 is 0 Å². The number of fused-ring (bicyclic) bond motifs is 1. The van der Waals surface area contributed by atoms with Gasteiger partial charge in [-0.3, -0.25) is 0 Å². The molecular formula is C14H18ClN3O2. The molecule has 2 atom stereocenters. The summed E-state index contributed by atoms with van der Waals surface area (Å²) < 4.78 is 13.2. The molecule has 0 bridgehead atoms. The van der Waals surface area contributed by atoms with Gasteiger partial charge in [0.25, 0.3) is 0 Å². The van der Waals surface area contributed by atoms with Crippen molar-refractivity contribution in [1.29, 1.82) is 0 Å². The summed E-state index contributed by atoms with van der Waals surface area (Å²) >= 11 is 6.25. The maximum atomic E-state index is 6.25. The molecule has 1 saturated heterocycles. The number of imidazole rings is 1. The van der Waals surface area contributed by atoms with Crippen LogP contribution < -0.4 is 0 Å². The minimum atomic E-state index is -0.172. The van der Waals surface area contributed by atoms with E-state index in [1.54, 1.807) is 0 Å². The summed E-state index contributed by atoms with van der Waals surface area (Å²) in [7, 11) is 0. The van der Waals surface area contributed by atoms with E-state index in [0.717, 1.165) is 22.7 Å². The van der Waals surface area contributed by atoms with Crippen LogP contribution in [-0.4, -0.2) is 40.5 Å². The van der Waals surface area contributed by atoms with Crippen LogP contribution in [0.25, 0.3) is 11.2 Å². The van der Waals surface area contributed by atoms with Crippen LogP contribution in [0.4, 0.5) is 0 Å². The summed E-state index contributed by atoms with van der Waals surface area (Å²) in [6, 6.07) is 3.94. The third kappa shape index (κ3) is 2.66. The molecular weight excluding hydrogens is 278 g/mol. The van der Waals surface area contributed by atoms with Gasteiger partial charge in [-0.05, 0) is 26.0 Å². The van der Waals surface area contributed by atoms with Crippen molar-refractivity contribution in [1.82, 2.24) is 14.5 Å². The second kappa shape index (κ2) is 5.68. The molecule has 2 aromatic rings. The van der Waals surface area contributed by atoms with Gasteiger partial charge in [0.2, 0.25) is 0 Å². The van der Waals surface area contributed by atoms with E-state index in [4.69, 9.17) is 21.1 Å². The summed E-state index contributed by atoms with van der Waals surface area (Å²) in [5.41, 5.74) is 2.70. The molecule has 2 aromatic heterocycles. The van der Waals surface area contributed by atoms with Gasteiger partial charge in [0.1, 0.15) is 11.3 Å². The number of alkyl halides is 1. The zero-order chi connectivity index (χ0) is 14.1. The Balaban J connectivity index is 2.01. The van der Waals surface area contributed by atoms with Crippen molar-refractivity contribution in [2.45, 2.75) is 31.9 Å². The van der Waals surface area contributed by atoms with Crippen molar-refractivity contribution < 1.29 is 9.47 Å². The van der Waals surface area contributed by atoms with Crippen molar-refractivity contribution in [3.8, 4) is 0 Å². The van der Waals surface area contributed by atoms with Crippen LogP contribution in [0.2, 0.25) is 0 Å². The van der Waals surface area contributed by atoms with Gasteiger partial charge in [0, 0.05) is 5.69 Å². The molecule has 0 aliphatic carbocycles. The largest absolute Gasteiger partial charge is 0.376 e. The first kappa shape index (κ1) is 13.8. The summed E-state index contributed by atoms with van der Waals surface area (Å²) in [5.74, 6) is 0.828. The van der Waals surface area contributed by atoms with Crippen molar-refractivity contribution in [2.24, 2.45) is 0 Å². The quantitative estimate of drug-likeness (QED) is 0.816. The average molecular weight is 296 g/mol. The first-order valence-electron chi connectivity index (χ1n) is 6.82. The molecule has 108 valence electrons. The van der Waals surface area contributed by atoms with Crippen molar-refractivity contribution in [2.75, 3.05) is 19.8 Å². The Bertz CT molecular complexity index is 606. The lowest BCUT2D eigenvalue weighted by Crippen LogP contribution is -2.32. The zero-order valence-corrected chi connectivity index (χ0v) is 12.4. The molecule has 0 saturated carbocycles. The fourth-order valence-corrected chi connectivity index (χ4v) is 2.61. The summed E-state index contributed by atoms with van der Waals surface area (Å²) in [5, 5.41) is -0.172. The molecule has 1 aliphatic heterocycles. The number of ether oxygens (including phenoxy) is 2. The Morgan fingerprint density at radius 3 is 2.95 bits per heavy atom. The number of rotatable bonds is 3. The van der Waals surface area contributed by atoms with Gasteiger partial charge in [-0.25, -0.2) is 9.97 Å². The summed E-state index contributed by atoms with van der Waals surface area (Å²) in [6.45, 7) is 6.46. The maximum Gasteiger partial charge on any atom is 0.160 e. The minimum Gasteiger partial charge on any atom is -0.376 e. The molecule has 1 aliphatic rings. The number of aryl methyl sites for hydroxylation is 1. The minimum absolute atomic E-state index is 0.0256. The lowest BCUT2D eigenvalue weighted by molar-refractivity contribution is -0.0934. The van der Waals surface area contributed by atoms with Gasteiger partial charge < -0.3 is 14.0 Å². The molecule has 1 fully saturated rings. The molecule has 6 heteroatoms. The van der Waals surface area contributed by atoms with Crippen LogP contribution >= 0.6 is 11.6 Å². The van der Waals surface area contributed by atoms with Gasteiger partial charge in [-0.2, -0.15) is 0 Å². The second-order valence-corrected chi connectivity index (χ2v) is 5.71. The Labute approximate surface area is 122 Å². The van der Waals surface area contributed by atoms with Crippen molar-refractivity contribution >= 4 is 22.8 Å². The summed E-state index contributed by atoms with van der Waals surface area (Å²) in [4.78, 5) is 9.18. The van der Waals surface area contributed by atoms with Crippen LogP contribution in [0, 0.1) is 6.92 Å². The molecule has 2 unspecified atom stereocenters.